The molecule has 1 saturated carbocycles. The normalized spacial score (nSPS) is 24.1. The van der Waals surface area contributed by atoms with Gasteiger partial charge in [-0.3, -0.25) is 4.79 Å². The molecule has 134 valence electrons. The molecule has 1 N–H and O–H groups in total. The molecule has 2 aliphatic rings. The van der Waals surface area contributed by atoms with Crippen LogP contribution in [0.3, 0.4) is 0 Å². The Kier molecular flexibility index (Phi) is 4.33. The maximum absolute atomic E-state index is 14.3. The Labute approximate surface area is 138 Å². The molecule has 1 amide bonds. The first-order valence-electron chi connectivity index (χ1n) is 8.09. The van der Waals surface area contributed by atoms with Gasteiger partial charge >= 0.3 is 5.92 Å². The second-order valence-corrected chi connectivity index (χ2v) is 6.70. The third-order valence-electron chi connectivity index (χ3n) is 4.61. The first-order chi connectivity index (χ1) is 11.2. The van der Waals surface area contributed by atoms with E-state index in [1.54, 1.807) is 0 Å². The minimum absolute atomic E-state index is 0.0322. The molecular formula is C15H21F2N3O4. The van der Waals surface area contributed by atoms with Crippen molar-refractivity contribution in [2.24, 2.45) is 0 Å². The summed E-state index contributed by atoms with van der Waals surface area (Å²) in [4.78, 5) is 13.2. The third-order valence-corrected chi connectivity index (χ3v) is 4.61. The van der Waals surface area contributed by atoms with Gasteiger partial charge in [0.15, 0.2) is 6.10 Å². The third kappa shape index (κ3) is 2.79. The highest BCUT2D eigenvalue weighted by molar-refractivity contribution is 5.85. The van der Waals surface area contributed by atoms with Crippen molar-refractivity contribution in [3.63, 3.8) is 0 Å². The van der Waals surface area contributed by atoms with Gasteiger partial charge in [-0.2, -0.15) is 8.78 Å². The zero-order chi connectivity index (χ0) is 17.5. The molecule has 7 nitrogen and oxygen atoms in total. The van der Waals surface area contributed by atoms with Crippen LogP contribution in [-0.4, -0.2) is 57.3 Å². The number of carbonyl (C=O) groups excluding carboxylic acids is 1. The van der Waals surface area contributed by atoms with Crippen molar-refractivity contribution in [1.29, 1.82) is 0 Å². The van der Waals surface area contributed by atoms with E-state index < -0.39 is 23.5 Å². The van der Waals surface area contributed by atoms with Gasteiger partial charge in [-0.1, -0.05) is 13.8 Å². The van der Waals surface area contributed by atoms with Crippen LogP contribution in [0.1, 0.15) is 56.9 Å². The van der Waals surface area contributed by atoms with Crippen LogP contribution >= 0.6 is 0 Å². The van der Waals surface area contributed by atoms with E-state index in [1.807, 2.05) is 13.8 Å². The van der Waals surface area contributed by atoms with Crippen LogP contribution in [0, 0.1) is 0 Å². The van der Waals surface area contributed by atoms with Crippen LogP contribution in [0.2, 0.25) is 0 Å². The van der Waals surface area contributed by atoms with Crippen molar-refractivity contribution in [1.82, 2.24) is 15.1 Å². The SMILES string of the molecule is CC(C)c1nnc(C2CN(C(=O)C(F)(F)C3(O)CCC3)CCO2)o1. The molecule has 1 atom stereocenters. The van der Waals surface area contributed by atoms with Gasteiger partial charge in [-0.15, -0.1) is 10.2 Å². The number of aliphatic hydroxyl groups is 1. The topological polar surface area (TPSA) is 88.7 Å². The van der Waals surface area contributed by atoms with Gasteiger partial charge in [0.25, 0.3) is 5.91 Å². The predicted octanol–water partition coefficient (Wildman–Crippen LogP) is 1.64. The Hall–Kier alpha value is -1.61. The number of aromatic nitrogens is 2. The molecule has 2 fully saturated rings. The molecular weight excluding hydrogens is 324 g/mol. The number of alkyl halides is 2. The van der Waals surface area contributed by atoms with E-state index in [1.165, 1.54) is 0 Å². The van der Waals surface area contributed by atoms with E-state index in [0.717, 1.165) is 4.90 Å². The number of hydrogen-bond acceptors (Lipinski definition) is 6. The minimum atomic E-state index is -3.80. The fraction of sp³-hybridized carbons (Fsp3) is 0.800. The lowest BCUT2D eigenvalue weighted by Crippen LogP contribution is -2.62. The molecule has 0 aromatic carbocycles. The Bertz CT molecular complexity index is 616. The largest absolute Gasteiger partial charge is 0.422 e. The monoisotopic (exact) mass is 345 g/mol. The smallest absolute Gasteiger partial charge is 0.352 e. The molecule has 1 aliphatic carbocycles. The van der Waals surface area contributed by atoms with E-state index in [4.69, 9.17) is 9.15 Å². The van der Waals surface area contributed by atoms with Crippen LogP contribution in [-0.2, 0) is 9.53 Å². The summed E-state index contributed by atoms with van der Waals surface area (Å²) in [6, 6.07) is 0. The molecule has 3 rings (SSSR count). The van der Waals surface area contributed by atoms with Crippen LogP contribution < -0.4 is 0 Å². The summed E-state index contributed by atoms with van der Waals surface area (Å²) in [5.41, 5.74) is -2.23. The highest BCUT2D eigenvalue weighted by atomic mass is 19.3. The van der Waals surface area contributed by atoms with Gasteiger partial charge in [0, 0.05) is 12.5 Å². The lowest BCUT2D eigenvalue weighted by atomic mass is 9.75. The fourth-order valence-electron chi connectivity index (χ4n) is 2.82. The van der Waals surface area contributed by atoms with Crippen LogP contribution in [0.5, 0.6) is 0 Å². The zero-order valence-electron chi connectivity index (χ0n) is 13.7. The minimum Gasteiger partial charge on any atom is -0.422 e. The second-order valence-electron chi connectivity index (χ2n) is 6.70. The predicted molar refractivity (Wildman–Crippen MR) is 77.4 cm³/mol. The molecule has 1 aliphatic heterocycles. The molecule has 2 heterocycles. The summed E-state index contributed by atoms with van der Waals surface area (Å²) in [5.74, 6) is -4.55. The number of hydrogen-bond donors (Lipinski definition) is 1. The highest BCUT2D eigenvalue weighted by Crippen LogP contribution is 2.45. The summed E-state index contributed by atoms with van der Waals surface area (Å²) in [6.45, 7) is 3.78. The van der Waals surface area contributed by atoms with Gasteiger partial charge < -0.3 is 19.2 Å². The highest BCUT2D eigenvalue weighted by Gasteiger charge is 2.62. The van der Waals surface area contributed by atoms with Crippen molar-refractivity contribution in [2.45, 2.75) is 56.7 Å². The summed E-state index contributed by atoms with van der Waals surface area (Å²) >= 11 is 0. The zero-order valence-corrected chi connectivity index (χ0v) is 13.7. The average Bonchev–Trinajstić information content (AvgIpc) is 3.02. The Morgan fingerprint density at radius 2 is 2.12 bits per heavy atom. The van der Waals surface area contributed by atoms with Crippen molar-refractivity contribution < 1.29 is 27.8 Å². The van der Waals surface area contributed by atoms with Crippen LogP contribution in [0.25, 0.3) is 0 Å². The Morgan fingerprint density at radius 1 is 1.42 bits per heavy atom. The van der Waals surface area contributed by atoms with Crippen molar-refractivity contribution in [3.05, 3.63) is 11.8 Å². The van der Waals surface area contributed by atoms with E-state index in [9.17, 15) is 18.7 Å². The molecule has 0 radical (unpaired) electrons. The van der Waals surface area contributed by atoms with Gasteiger partial charge in [0.1, 0.15) is 5.60 Å². The van der Waals surface area contributed by atoms with Crippen molar-refractivity contribution in [2.75, 3.05) is 19.7 Å². The lowest BCUT2D eigenvalue weighted by molar-refractivity contribution is -0.226. The average molecular weight is 345 g/mol. The Morgan fingerprint density at radius 3 is 2.67 bits per heavy atom. The van der Waals surface area contributed by atoms with E-state index >= 15 is 0 Å². The first-order valence-corrected chi connectivity index (χ1v) is 8.09. The summed E-state index contributed by atoms with van der Waals surface area (Å²) in [5, 5.41) is 17.7. The Balaban J connectivity index is 1.71. The van der Waals surface area contributed by atoms with Crippen LogP contribution in [0.4, 0.5) is 8.78 Å². The number of amides is 1. The molecule has 1 saturated heterocycles. The molecule has 1 aromatic heterocycles. The molecule has 0 spiro atoms. The van der Waals surface area contributed by atoms with Gasteiger partial charge in [0.05, 0.1) is 13.2 Å². The number of rotatable bonds is 4. The quantitative estimate of drug-likeness (QED) is 0.892. The van der Waals surface area contributed by atoms with Gasteiger partial charge in [-0.05, 0) is 19.3 Å². The molecule has 0 bridgehead atoms. The number of nitrogens with zero attached hydrogens (tertiary/aromatic N) is 3. The van der Waals surface area contributed by atoms with Crippen LogP contribution in [0.15, 0.2) is 4.42 Å². The number of halogens is 2. The van der Waals surface area contributed by atoms with Crippen molar-refractivity contribution >= 4 is 5.91 Å². The molecule has 1 aromatic rings. The summed E-state index contributed by atoms with van der Waals surface area (Å²) in [6.07, 6.45) is -0.387. The standard InChI is InChI=1S/C15H21F2N3O4/c1-9(2)11-18-19-12(24-11)10-8-20(6-7-23-10)13(21)15(16,17)14(22)4-3-5-14/h9-10,22H,3-8H2,1-2H3. The number of carbonyl (C=O) groups is 1. The second kappa shape index (κ2) is 6.03. The number of ether oxygens (including phenoxy) is 1. The molecule has 24 heavy (non-hydrogen) atoms. The fourth-order valence-corrected chi connectivity index (χ4v) is 2.82. The van der Waals surface area contributed by atoms with E-state index in [0.29, 0.717) is 12.3 Å². The lowest BCUT2D eigenvalue weighted by Gasteiger charge is -2.44. The molecule has 1 unspecified atom stereocenters. The van der Waals surface area contributed by atoms with E-state index in [-0.39, 0.29) is 44.3 Å². The van der Waals surface area contributed by atoms with Crippen molar-refractivity contribution in [3.8, 4) is 0 Å². The number of morpholine rings is 1. The summed E-state index contributed by atoms with van der Waals surface area (Å²) in [7, 11) is 0. The van der Waals surface area contributed by atoms with Gasteiger partial charge in [-0.25, -0.2) is 0 Å². The maximum atomic E-state index is 14.3. The van der Waals surface area contributed by atoms with Gasteiger partial charge in [0.2, 0.25) is 11.8 Å². The summed E-state index contributed by atoms with van der Waals surface area (Å²) < 4.78 is 39.6. The maximum Gasteiger partial charge on any atom is 0.352 e. The first kappa shape index (κ1) is 17.2. The van der Waals surface area contributed by atoms with E-state index in [2.05, 4.69) is 10.2 Å². The molecule has 9 heteroatoms.